The van der Waals surface area contributed by atoms with Crippen LogP contribution in [-0.4, -0.2) is 17.0 Å². The highest BCUT2D eigenvalue weighted by Crippen LogP contribution is 2.26. The van der Waals surface area contributed by atoms with Gasteiger partial charge in [-0.2, -0.15) is 0 Å². The van der Waals surface area contributed by atoms with Crippen molar-refractivity contribution in [2.24, 2.45) is 0 Å². The van der Waals surface area contributed by atoms with Crippen LogP contribution in [0, 0.1) is 6.92 Å². The molecule has 0 aromatic heterocycles. The molecule has 4 nitrogen and oxygen atoms in total. The van der Waals surface area contributed by atoms with E-state index in [1.54, 1.807) is 12.1 Å². The minimum absolute atomic E-state index is 0.150. The summed E-state index contributed by atoms with van der Waals surface area (Å²) in [4.78, 5) is 23.2. The molecule has 2 aromatic rings. The fourth-order valence-electron chi connectivity index (χ4n) is 1.75. The molecular weight excluding hydrogens is 402 g/mol. The molecule has 0 saturated heterocycles. The van der Waals surface area contributed by atoms with Gasteiger partial charge in [-0.05, 0) is 69.1 Å². The molecule has 0 unspecified atom stereocenters. The van der Waals surface area contributed by atoms with E-state index in [9.17, 15) is 9.59 Å². The van der Waals surface area contributed by atoms with Crippen LogP contribution in [0.1, 0.15) is 26.3 Å². The van der Waals surface area contributed by atoms with Crippen LogP contribution in [0.15, 0.2) is 45.3 Å². The molecule has 0 fully saturated rings. The molecule has 0 aliphatic heterocycles. The number of hydrogen-bond acceptors (Lipinski definition) is 2. The lowest BCUT2D eigenvalue weighted by molar-refractivity contribution is 0.0696. The molecule has 21 heavy (non-hydrogen) atoms. The molecule has 0 saturated carbocycles. The maximum Gasteiger partial charge on any atom is 0.335 e. The second-order valence-electron chi connectivity index (χ2n) is 4.44. The molecule has 2 aromatic carbocycles. The van der Waals surface area contributed by atoms with E-state index in [-0.39, 0.29) is 11.5 Å². The summed E-state index contributed by atoms with van der Waals surface area (Å²) in [6.45, 7) is 1.90. The minimum atomic E-state index is -1.02. The van der Waals surface area contributed by atoms with Crippen LogP contribution in [0.2, 0.25) is 0 Å². The van der Waals surface area contributed by atoms with Crippen molar-refractivity contribution >= 4 is 49.4 Å². The highest BCUT2D eigenvalue weighted by molar-refractivity contribution is 9.11. The van der Waals surface area contributed by atoms with E-state index in [0.717, 1.165) is 5.56 Å². The quantitative estimate of drug-likeness (QED) is 0.781. The molecule has 6 heteroatoms. The molecule has 0 aliphatic carbocycles. The van der Waals surface area contributed by atoms with Gasteiger partial charge in [0.1, 0.15) is 0 Å². The van der Waals surface area contributed by atoms with Gasteiger partial charge in [-0.1, -0.05) is 11.6 Å². The fourth-order valence-corrected chi connectivity index (χ4v) is 2.66. The second kappa shape index (κ2) is 6.41. The number of halogens is 2. The van der Waals surface area contributed by atoms with E-state index >= 15 is 0 Å². The van der Waals surface area contributed by atoms with Crippen LogP contribution in [0.25, 0.3) is 0 Å². The van der Waals surface area contributed by atoms with Gasteiger partial charge in [0.05, 0.1) is 16.8 Å². The molecule has 0 aliphatic rings. The minimum Gasteiger partial charge on any atom is -0.478 e. The zero-order valence-corrected chi connectivity index (χ0v) is 14.2. The van der Waals surface area contributed by atoms with Gasteiger partial charge in [0, 0.05) is 8.95 Å². The summed E-state index contributed by atoms with van der Waals surface area (Å²) in [5, 5.41) is 11.7. The number of aryl methyl sites for hydroxylation is 1. The van der Waals surface area contributed by atoms with Gasteiger partial charge in [0.25, 0.3) is 5.91 Å². The topological polar surface area (TPSA) is 66.4 Å². The Bertz CT molecular complexity index is 729. The molecule has 108 valence electrons. The van der Waals surface area contributed by atoms with E-state index in [1.165, 1.54) is 12.1 Å². The van der Waals surface area contributed by atoms with Crippen LogP contribution in [0.5, 0.6) is 0 Å². The van der Waals surface area contributed by atoms with E-state index < -0.39 is 5.97 Å². The summed E-state index contributed by atoms with van der Waals surface area (Å²) in [5.41, 5.74) is 2.16. The third-order valence-electron chi connectivity index (χ3n) is 2.83. The number of carbonyl (C=O) groups excluding carboxylic acids is 1. The Kier molecular flexibility index (Phi) is 4.80. The number of hydrogen-bond donors (Lipinski definition) is 2. The molecular formula is C15H11Br2NO3. The highest BCUT2D eigenvalue weighted by atomic mass is 79.9. The Hall–Kier alpha value is -1.66. The Morgan fingerprint density at radius 1 is 1.05 bits per heavy atom. The zero-order chi connectivity index (χ0) is 15.6. The predicted octanol–water partition coefficient (Wildman–Crippen LogP) is 4.47. The average Bonchev–Trinajstić information content (AvgIpc) is 2.43. The lowest BCUT2D eigenvalue weighted by Crippen LogP contribution is -2.13. The maximum atomic E-state index is 12.3. The number of rotatable bonds is 3. The molecule has 0 spiro atoms. The summed E-state index contributed by atoms with van der Waals surface area (Å²) in [7, 11) is 0. The predicted molar refractivity (Wildman–Crippen MR) is 87.9 cm³/mol. The number of anilines is 1. The summed E-state index contributed by atoms with van der Waals surface area (Å²) in [6.07, 6.45) is 0. The number of amides is 1. The molecule has 0 heterocycles. The SMILES string of the molecule is Cc1ccc(Br)c(C(=O)Nc2ccc(C(=O)O)cc2Br)c1. The Balaban J connectivity index is 2.27. The Morgan fingerprint density at radius 2 is 1.76 bits per heavy atom. The van der Waals surface area contributed by atoms with Gasteiger partial charge in [-0.15, -0.1) is 0 Å². The standard InChI is InChI=1S/C15H11Br2NO3/c1-8-2-4-11(16)10(6-8)14(19)18-13-5-3-9(15(20)21)7-12(13)17/h2-7H,1H3,(H,18,19)(H,20,21). The van der Waals surface area contributed by atoms with E-state index in [2.05, 4.69) is 37.2 Å². The first kappa shape index (κ1) is 15.7. The van der Waals surface area contributed by atoms with Crippen molar-refractivity contribution in [3.63, 3.8) is 0 Å². The van der Waals surface area contributed by atoms with Crippen molar-refractivity contribution < 1.29 is 14.7 Å². The van der Waals surface area contributed by atoms with Crippen molar-refractivity contribution in [2.75, 3.05) is 5.32 Å². The van der Waals surface area contributed by atoms with Gasteiger partial charge in [0.15, 0.2) is 0 Å². The fraction of sp³-hybridized carbons (Fsp3) is 0.0667. The molecule has 0 atom stereocenters. The van der Waals surface area contributed by atoms with Crippen molar-refractivity contribution in [3.8, 4) is 0 Å². The number of carboxylic acids is 1. The van der Waals surface area contributed by atoms with E-state index in [4.69, 9.17) is 5.11 Å². The van der Waals surface area contributed by atoms with Gasteiger partial charge < -0.3 is 10.4 Å². The van der Waals surface area contributed by atoms with Gasteiger partial charge in [0.2, 0.25) is 0 Å². The lowest BCUT2D eigenvalue weighted by atomic mass is 10.1. The van der Waals surface area contributed by atoms with Crippen LogP contribution in [0.3, 0.4) is 0 Å². The Morgan fingerprint density at radius 3 is 2.38 bits per heavy atom. The second-order valence-corrected chi connectivity index (χ2v) is 6.15. The van der Waals surface area contributed by atoms with Crippen molar-refractivity contribution in [1.29, 1.82) is 0 Å². The average molecular weight is 413 g/mol. The lowest BCUT2D eigenvalue weighted by Gasteiger charge is -2.10. The van der Waals surface area contributed by atoms with Crippen LogP contribution < -0.4 is 5.32 Å². The molecule has 2 N–H and O–H groups in total. The highest BCUT2D eigenvalue weighted by Gasteiger charge is 2.13. The number of nitrogens with one attached hydrogen (secondary N) is 1. The molecule has 1 amide bonds. The summed E-state index contributed by atoms with van der Waals surface area (Å²) >= 11 is 6.60. The first-order valence-corrected chi connectivity index (χ1v) is 7.57. The van der Waals surface area contributed by atoms with Crippen molar-refractivity contribution in [1.82, 2.24) is 0 Å². The number of aromatic carboxylic acids is 1. The van der Waals surface area contributed by atoms with Gasteiger partial charge in [-0.25, -0.2) is 4.79 Å². The number of carboxylic acid groups (broad SMARTS) is 1. The largest absolute Gasteiger partial charge is 0.478 e. The number of carbonyl (C=O) groups is 2. The van der Waals surface area contributed by atoms with Crippen LogP contribution >= 0.6 is 31.9 Å². The smallest absolute Gasteiger partial charge is 0.335 e. The summed E-state index contributed by atoms with van der Waals surface area (Å²) < 4.78 is 1.21. The van der Waals surface area contributed by atoms with Gasteiger partial charge in [-0.3, -0.25) is 4.79 Å². The molecule has 0 radical (unpaired) electrons. The monoisotopic (exact) mass is 411 g/mol. The molecule has 2 rings (SSSR count). The summed E-state index contributed by atoms with van der Waals surface area (Å²) in [6, 6.07) is 9.93. The van der Waals surface area contributed by atoms with Crippen LogP contribution in [-0.2, 0) is 0 Å². The zero-order valence-electron chi connectivity index (χ0n) is 11.0. The van der Waals surface area contributed by atoms with E-state index in [1.807, 2.05) is 19.1 Å². The summed E-state index contributed by atoms with van der Waals surface area (Å²) in [5.74, 6) is -1.29. The first-order valence-electron chi connectivity index (χ1n) is 5.99. The maximum absolute atomic E-state index is 12.3. The third-order valence-corrected chi connectivity index (χ3v) is 4.18. The number of benzene rings is 2. The third kappa shape index (κ3) is 3.71. The molecule has 0 bridgehead atoms. The van der Waals surface area contributed by atoms with Crippen molar-refractivity contribution in [2.45, 2.75) is 6.92 Å². The first-order chi connectivity index (χ1) is 9.88. The van der Waals surface area contributed by atoms with Crippen LogP contribution in [0.4, 0.5) is 5.69 Å². The van der Waals surface area contributed by atoms with E-state index in [0.29, 0.717) is 20.2 Å². The normalized spacial score (nSPS) is 10.2. The van der Waals surface area contributed by atoms with Gasteiger partial charge >= 0.3 is 5.97 Å². The van der Waals surface area contributed by atoms with Crippen molar-refractivity contribution in [3.05, 3.63) is 62.0 Å². The Labute approximate surface area is 138 Å².